The molecule has 0 spiro atoms. The number of amides is 2. The van der Waals surface area contributed by atoms with Crippen LogP contribution in [0.1, 0.15) is 20.8 Å². The van der Waals surface area contributed by atoms with Crippen molar-refractivity contribution < 1.29 is 14.0 Å². The number of carbonyl (C=O) groups is 2. The molecule has 1 aliphatic rings. The summed E-state index contributed by atoms with van der Waals surface area (Å²) < 4.78 is 13.5. The summed E-state index contributed by atoms with van der Waals surface area (Å²) in [6, 6.07) is 1.27. The molecule has 2 rings (SSSR count). The molecule has 21 heavy (non-hydrogen) atoms. The SMILES string of the molecule is CC1NC(=O)C(C(C)C)N(c2cc(Cl)c(F)c(Cl)c2)C1=O. The monoisotopic (exact) mass is 332 g/mol. The van der Waals surface area contributed by atoms with Crippen molar-refractivity contribution in [2.75, 3.05) is 4.90 Å². The maximum Gasteiger partial charge on any atom is 0.250 e. The van der Waals surface area contributed by atoms with E-state index >= 15 is 0 Å². The quantitative estimate of drug-likeness (QED) is 0.846. The third kappa shape index (κ3) is 2.85. The van der Waals surface area contributed by atoms with Crippen LogP contribution in [0.3, 0.4) is 0 Å². The molecule has 0 aliphatic carbocycles. The molecule has 1 saturated heterocycles. The van der Waals surface area contributed by atoms with E-state index in [-0.39, 0.29) is 27.8 Å². The van der Waals surface area contributed by atoms with Crippen molar-refractivity contribution in [2.45, 2.75) is 32.9 Å². The van der Waals surface area contributed by atoms with Crippen LogP contribution in [-0.4, -0.2) is 23.9 Å². The summed E-state index contributed by atoms with van der Waals surface area (Å²) >= 11 is 11.6. The largest absolute Gasteiger partial charge is 0.343 e. The Hall–Kier alpha value is -1.33. The van der Waals surface area contributed by atoms with Crippen LogP contribution in [0.4, 0.5) is 10.1 Å². The molecule has 0 radical (unpaired) electrons. The van der Waals surface area contributed by atoms with Crippen molar-refractivity contribution in [1.29, 1.82) is 0 Å². The van der Waals surface area contributed by atoms with Gasteiger partial charge in [0.15, 0.2) is 5.82 Å². The number of halogens is 3. The van der Waals surface area contributed by atoms with E-state index in [4.69, 9.17) is 23.2 Å². The van der Waals surface area contributed by atoms with E-state index in [2.05, 4.69) is 5.32 Å². The molecule has 1 aromatic rings. The van der Waals surface area contributed by atoms with Crippen LogP contribution in [0, 0.1) is 11.7 Å². The van der Waals surface area contributed by atoms with Gasteiger partial charge in [-0.05, 0) is 25.0 Å². The van der Waals surface area contributed by atoms with E-state index < -0.39 is 17.9 Å². The molecule has 2 atom stereocenters. The van der Waals surface area contributed by atoms with E-state index in [1.165, 1.54) is 17.0 Å². The summed E-state index contributed by atoms with van der Waals surface area (Å²) in [5.74, 6) is -1.41. The lowest BCUT2D eigenvalue weighted by atomic mass is 9.96. The number of piperazine rings is 1. The minimum atomic E-state index is -0.745. The minimum absolute atomic E-state index is 0.121. The zero-order valence-electron chi connectivity index (χ0n) is 11.8. The van der Waals surface area contributed by atoms with Gasteiger partial charge in [0.05, 0.1) is 10.0 Å². The van der Waals surface area contributed by atoms with Crippen LogP contribution in [0.5, 0.6) is 0 Å². The average molecular weight is 333 g/mol. The number of hydrogen-bond donors (Lipinski definition) is 1. The molecular weight excluding hydrogens is 318 g/mol. The van der Waals surface area contributed by atoms with Crippen molar-refractivity contribution in [2.24, 2.45) is 5.92 Å². The Kier molecular flexibility index (Phi) is 4.44. The van der Waals surface area contributed by atoms with E-state index in [1.807, 2.05) is 13.8 Å². The number of nitrogens with one attached hydrogen (secondary N) is 1. The van der Waals surface area contributed by atoms with Gasteiger partial charge in [0.1, 0.15) is 12.1 Å². The zero-order chi connectivity index (χ0) is 15.9. The normalized spacial score (nSPS) is 22.7. The summed E-state index contributed by atoms with van der Waals surface area (Å²) in [4.78, 5) is 25.9. The first-order valence-electron chi connectivity index (χ1n) is 6.52. The Morgan fingerprint density at radius 3 is 2.24 bits per heavy atom. The Labute approximate surface area is 132 Å². The summed E-state index contributed by atoms with van der Waals surface area (Å²) in [5.41, 5.74) is 0.316. The van der Waals surface area contributed by atoms with Crippen LogP contribution in [0.15, 0.2) is 12.1 Å². The van der Waals surface area contributed by atoms with E-state index in [9.17, 15) is 14.0 Å². The number of benzene rings is 1. The Bertz CT molecular complexity index is 584. The van der Waals surface area contributed by atoms with Crippen LogP contribution in [0.25, 0.3) is 0 Å². The molecule has 114 valence electrons. The van der Waals surface area contributed by atoms with Crippen LogP contribution >= 0.6 is 23.2 Å². The van der Waals surface area contributed by atoms with Crippen molar-refractivity contribution >= 4 is 40.7 Å². The topological polar surface area (TPSA) is 49.4 Å². The molecule has 0 aromatic heterocycles. The molecule has 2 unspecified atom stereocenters. The van der Waals surface area contributed by atoms with Gasteiger partial charge in [0.25, 0.3) is 0 Å². The number of anilines is 1. The fraction of sp³-hybridized carbons (Fsp3) is 0.429. The average Bonchev–Trinajstić information content (AvgIpc) is 2.38. The Balaban J connectivity index is 2.55. The summed E-state index contributed by atoms with van der Waals surface area (Å²) in [5, 5.41) is 2.25. The molecule has 1 aromatic carbocycles. The third-order valence-electron chi connectivity index (χ3n) is 3.39. The summed E-state index contributed by atoms with van der Waals surface area (Å²) in [6.07, 6.45) is 0. The van der Waals surface area contributed by atoms with Crippen LogP contribution in [-0.2, 0) is 9.59 Å². The lowest BCUT2D eigenvalue weighted by Crippen LogP contribution is -2.64. The van der Waals surface area contributed by atoms with Gasteiger partial charge in [0.2, 0.25) is 11.8 Å². The maximum absolute atomic E-state index is 13.5. The van der Waals surface area contributed by atoms with Crippen molar-refractivity contribution in [3.63, 3.8) is 0 Å². The van der Waals surface area contributed by atoms with Gasteiger partial charge in [-0.25, -0.2) is 4.39 Å². The van der Waals surface area contributed by atoms with Crippen LogP contribution in [0.2, 0.25) is 10.0 Å². The number of carbonyl (C=O) groups excluding carboxylic acids is 2. The lowest BCUT2D eigenvalue weighted by molar-refractivity contribution is -0.134. The highest BCUT2D eigenvalue weighted by Gasteiger charge is 2.41. The number of hydrogen-bond acceptors (Lipinski definition) is 2. The second kappa shape index (κ2) is 5.81. The van der Waals surface area contributed by atoms with Gasteiger partial charge in [-0.2, -0.15) is 0 Å². The predicted molar refractivity (Wildman–Crippen MR) is 80.1 cm³/mol. The lowest BCUT2D eigenvalue weighted by Gasteiger charge is -2.40. The molecule has 7 heteroatoms. The first kappa shape index (κ1) is 16.0. The second-order valence-corrected chi connectivity index (χ2v) is 6.17. The Morgan fingerprint density at radius 1 is 1.24 bits per heavy atom. The van der Waals surface area contributed by atoms with Crippen molar-refractivity contribution in [3.05, 3.63) is 28.0 Å². The highest BCUT2D eigenvalue weighted by molar-refractivity contribution is 6.35. The first-order chi connectivity index (χ1) is 9.73. The van der Waals surface area contributed by atoms with Gasteiger partial charge >= 0.3 is 0 Å². The highest BCUT2D eigenvalue weighted by Crippen LogP contribution is 2.33. The molecule has 0 saturated carbocycles. The molecule has 2 amide bonds. The van der Waals surface area contributed by atoms with Gasteiger partial charge in [-0.3, -0.25) is 14.5 Å². The van der Waals surface area contributed by atoms with Gasteiger partial charge in [-0.1, -0.05) is 37.0 Å². The predicted octanol–water partition coefficient (Wildman–Crippen LogP) is 3.01. The number of nitrogens with zero attached hydrogens (tertiary/aromatic N) is 1. The standard InChI is InChI=1S/C14H15Cl2FN2O2/c1-6(2)12-13(20)18-7(3)14(21)19(12)8-4-9(15)11(17)10(16)5-8/h4-7,12H,1-3H3,(H,18,20). The third-order valence-corrected chi connectivity index (χ3v) is 3.94. The fourth-order valence-electron chi connectivity index (χ4n) is 2.39. The fourth-order valence-corrected chi connectivity index (χ4v) is 2.87. The van der Waals surface area contributed by atoms with E-state index in [0.717, 1.165) is 0 Å². The molecule has 1 N–H and O–H groups in total. The van der Waals surface area contributed by atoms with E-state index in [0.29, 0.717) is 5.69 Å². The number of rotatable bonds is 2. The zero-order valence-corrected chi connectivity index (χ0v) is 13.3. The minimum Gasteiger partial charge on any atom is -0.343 e. The molecule has 1 aliphatic heterocycles. The molecular formula is C14H15Cl2FN2O2. The summed E-state index contributed by atoms with van der Waals surface area (Å²) in [7, 11) is 0. The maximum atomic E-state index is 13.5. The smallest absolute Gasteiger partial charge is 0.250 e. The van der Waals surface area contributed by atoms with Crippen molar-refractivity contribution in [3.8, 4) is 0 Å². The summed E-state index contributed by atoms with van der Waals surface area (Å²) in [6.45, 7) is 5.25. The second-order valence-electron chi connectivity index (χ2n) is 5.35. The Morgan fingerprint density at radius 2 is 1.76 bits per heavy atom. The molecule has 1 fully saturated rings. The van der Waals surface area contributed by atoms with Gasteiger partial charge in [-0.15, -0.1) is 0 Å². The molecule has 0 bridgehead atoms. The molecule has 1 heterocycles. The highest BCUT2D eigenvalue weighted by atomic mass is 35.5. The van der Waals surface area contributed by atoms with E-state index in [1.54, 1.807) is 6.92 Å². The molecule has 4 nitrogen and oxygen atoms in total. The first-order valence-corrected chi connectivity index (χ1v) is 7.27. The van der Waals surface area contributed by atoms with Gasteiger partial charge < -0.3 is 5.32 Å². The van der Waals surface area contributed by atoms with Crippen LogP contribution < -0.4 is 10.2 Å². The van der Waals surface area contributed by atoms with Crippen molar-refractivity contribution in [1.82, 2.24) is 5.32 Å². The van der Waals surface area contributed by atoms with Gasteiger partial charge in [0, 0.05) is 5.69 Å².